The molecular formula is C31H45N5O2. The molecule has 0 unspecified atom stereocenters. The number of benzene rings is 1. The minimum atomic E-state index is -0.551. The third kappa shape index (κ3) is 6.48. The molecule has 206 valence electrons. The first-order chi connectivity index (χ1) is 18.8. The lowest BCUT2D eigenvalue weighted by Crippen LogP contribution is -2.54. The number of nitrogen functional groups attached to an aromatic ring is 1. The van der Waals surface area contributed by atoms with Crippen LogP contribution in [0, 0.1) is 12.8 Å². The van der Waals surface area contributed by atoms with Gasteiger partial charge in [0.05, 0.1) is 6.04 Å². The summed E-state index contributed by atoms with van der Waals surface area (Å²) in [7, 11) is 0. The zero-order valence-electron chi connectivity index (χ0n) is 23.9. The summed E-state index contributed by atoms with van der Waals surface area (Å²) in [5, 5.41) is 8.70. The van der Waals surface area contributed by atoms with Gasteiger partial charge in [0, 0.05) is 31.6 Å². The number of nitrogens with zero attached hydrogens (tertiary/aromatic N) is 2. The van der Waals surface area contributed by atoms with Crippen LogP contribution in [0.15, 0.2) is 24.3 Å². The maximum Gasteiger partial charge on any atom is 0.243 e. The molecule has 0 bridgehead atoms. The van der Waals surface area contributed by atoms with Crippen LogP contribution >= 0.6 is 0 Å². The quantitative estimate of drug-likeness (QED) is 0.455. The molecule has 2 aliphatic carbocycles. The van der Waals surface area contributed by atoms with E-state index in [0.29, 0.717) is 37.8 Å². The van der Waals surface area contributed by atoms with E-state index in [1.54, 1.807) is 4.90 Å². The minimum absolute atomic E-state index is 0.0135. The molecule has 2 heterocycles. The van der Waals surface area contributed by atoms with E-state index >= 15 is 0 Å². The lowest BCUT2D eigenvalue weighted by atomic mass is 9.84. The number of nitrogens with one attached hydrogen (secondary N) is 2. The Morgan fingerprint density at radius 3 is 2.55 bits per heavy atom. The average Bonchev–Trinajstić information content (AvgIpc) is 3.42. The van der Waals surface area contributed by atoms with E-state index in [1.165, 1.54) is 25.7 Å². The Bertz CT molecular complexity index is 1180. The summed E-state index contributed by atoms with van der Waals surface area (Å²) in [5.74, 6) is -0.120. The van der Waals surface area contributed by atoms with E-state index in [2.05, 4.69) is 15.6 Å². The van der Waals surface area contributed by atoms with Gasteiger partial charge in [-0.25, -0.2) is 4.98 Å². The van der Waals surface area contributed by atoms with Crippen LogP contribution in [0.5, 0.6) is 0 Å². The van der Waals surface area contributed by atoms with Gasteiger partial charge in [0.25, 0.3) is 0 Å². The summed E-state index contributed by atoms with van der Waals surface area (Å²) in [4.78, 5) is 33.5. The molecule has 0 radical (unpaired) electrons. The van der Waals surface area contributed by atoms with E-state index in [9.17, 15) is 9.59 Å². The molecule has 7 heteroatoms. The topological polar surface area (TPSA) is 100 Å². The molecule has 3 fully saturated rings. The number of hydrogen-bond donors (Lipinski definition) is 3. The minimum Gasteiger partial charge on any atom is -0.383 e. The number of carbonyl (C=O) groups is 2. The summed E-state index contributed by atoms with van der Waals surface area (Å²) >= 11 is 0. The Labute approximate surface area is 228 Å². The molecule has 5 rings (SSSR count). The van der Waals surface area contributed by atoms with Gasteiger partial charge in [-0.15, -0.1) is 0 Å². The Kier molecular flexibility index (Phi) is 8.39. The van der Waals surface area contributed by atoms with Crippen LogP contribution in [-0.4, -0.2) is 46.4 Å². The normalized spacial score (nSPS) is 23.2. The second-order valence-electron chi connectivity index (χ2n) is 11.7. The van der Waals surface area contributed by atoms with Crippen LogP contribution in [-0.2, 0) is 16.1 Å². The number of amides is 2. The molecule has 4 N–H and O–H groups in total. The number of fused-ring (bicyclic) bond motifs is 1. The fraction of sp³-hybridized carbons (Fsp3) is 0.645. The van der Waals surface area contributed by atoms with Crippen molar-refractivity contribution in [2.24, 2.45) is 5.89 Å². The largest absolute Gasteiger partial charge is 0.383 e. The number of nitrogens with two attached hydrogens (primary N) is 1. The van der Waals surface area contributed by atoms with Gasteiger partial charge in [-0.1, -0.05) is 63.5 Å². The first-order valence-corrected chi connectivity index (χ1v) is 14.8. The monoisotopic (exact) mass is 520 g/mol. The molecule has 1 aromatic carbocycles. The average molecular weight is 521 g/mol. The molecule has 2 aromatic rings. The number of aryl methyl sites for hydroxylation is 1. The van der Waals surface area contributed by atoms with Crippen molar-refractivity contribution in [3.05, 3.63) is 35.5 Å². The Balaban J connectivity index is 1.26. The van der Waals surface area contributed by atoms with Gasteiger partial charge in [0.15, 0.2) is 0 Å². The molecule has 0 spiro atoms. The molecule has 2 saturated carbocycles. The second-order valence-corrected chi connectivity index (χ2v) is 11.7. The highest BCUT2D eigenvalue weighted by Crippen LogP contribution is 2.30. The molecule has 1 aliphatic heterocycles. The zero-order valence-corrected chi connectivity index (χ0v) is 22.9. The maximum atomic E-state index is 14.0. The predicted octanol–water partition coefficient (Wildman–Crippen LogP) is 4.99. The van der Waals surface area contributed by atoms with Crippen molar-refractivity contribution in [3.8, 4) is 0 Å². The molecule has 1 aromatic heterocycles. The van der Waals surface area contributed by atoms with Crippen molar-refractivity contribution in [1.29, 1.82) is 0 Å². The Morgan fingerprint density at radius 1 is 1.05 bits per heavy atom. The number of anilines is 1. The van der Waals surface area contributed by atoms with Gasteiger partial charge < -0.3 is 21.3 Å². The molecule has 38 heavy (non-hydrogen) atoms. The zero-order chi connectivity index (χ0) is 27.4. The Hall–Kier alpha value is -2.67. The standard InChI is InChI=1S/C31H45N5O2/c1-21-17-24-18-23(14-15-26(24)29(32)34-21)20-33-30(37)28-13-8-16-36(28)31(38)27(19-22-9-4-2-5-10-22)35-25-11-6-3-7-12-25/h14-15,17-18,22,25,27-28,35H,2-13,16,19-20H2,1H3,(H2,32,34)(H,33,37)/t27-,28-/m0/s1/i22D. The van der Waals surface area contributed by atoms with E-state index in [1.807, 2.05) is 31.2 Å². The highest BCUT2D eigenvalue weighted by atomic mass is 16.2. The van der Waals surface area contributed by atoms with Gasteiger partial charge in [0.2, 0.25) is 11.8 Å². The van der Waals surface area contributed by atoms with Gasteiger partial charge in [-0.2, -0.15) is 0 Å². The van der Waals surface area contributed by atoms with Crippen LogP contribution in [0.4, 0.5) is 5.82 Å². The van der Waals surface area contributed by atoms with Crippen LogP contribution < -0.4 is 16.4 Å². The smallest absolute Gasteiger partial charge is 0.243 e. The third-order valence-corrected chi connectivity index (χ3v) is 8.75. The summed E-state index contributed by atoms with van der Waals surface area (Å²) in [5.41, 5.74) is 7.92. The fourth-order valence-corrected chi connectivity index (χ4v) is 6.71. The number of carbonyl (C=O) groups excluding carboxylic acids is 2. The number of likely N-dealkylation sites (tertiary alicyclic amines) is 1. The summed E-state index contributed by atoms with van der Waals surface area (Å²) in [6, 6.07) is 7.45. The molecule has 7 nitrogen and oxygen atoms in total. The number of aromatic nitrogens is 1. The molecule has 2 amide bonds. The van der Waals surface area contributed by atoms with E-state index in [0.717, 1.165) is 67.0 Å². The predicted molar refractivity (Wildman–Crippen MR) is 152 cm³/mol. The number of pyridine rings is 1. The van der Waals surface area contributed by atoms with Crippen LogP contribution in [0.25, 0.3) is 10.8 Å². The van der Waals surface area contributed by atoms with Gasteiger partial charge in [-0.3, -0.25) is 9.59 Å². The van der Waals surface area contributed by atoms with Gasteiger partial charge >= 0.3 is 0 Å². The van der Waals surface area contributed by atoms with E-state index in [4.69, 9.17) is 7.10 Å². The molecular weight excluding hydrogens is 474 g/mol. The maximum absolute atomic E-state index is 14.0. The van der Waals surface area contributed by atoms with Crippen molar-refractivity contribution in [2.75, 3.05) is 12.3 Å². The fourth-order valence-electron chi connectivity index (χ4n) is 6.71. The van der Waals surface area contributed by atoms with Crippen molar-refractivity contribution >= 4 is 28.4 Å². The van der Waals surface area contributed by atoms with Crippen LogP contribution in [0.1, 0.15) is 96.1 Å². The first-order valence-electron chi connectivity index (χ1n) is 15.3. The lowest BCUT2D eigenvalue weighted by molar-refractivity contribution is -0.140. The van der Waals surface area contributed by atoms with Gasteiger partial charge in [0.1, 0.15) is 11.9 Å². The van der Waals surface area contributed by atoms with E-state index in [-0.39, 0.29) is 17.9 Å². The molecule has 3 aliphatic rings. The third-order valence-electron chi connectivity index (χ3n) is 8.75. The summed E-state index contributed by atoms with van der Waals surface area (Å²) < 4.78 is 9.11. The van der Waals surface area contributed by atoms with E-state index < -0.39 is 11.9 Å². The number of hydrogen-bond acceptors (Lipinski definition) is 5. The van der Waals surface area contributed by atoms with Crippen molar-refractivity contribution in [2.45, 2.75) is 115 Å². The van der Waals surface area contributed by atoms with Gasteiger partial charge in [-0.05, 0) is 68.0 Å². The van der Waals surface area contributed by atoms with Crippen molar-refractivity contribution < 1.29 is 11.0 Å². The second kappa shape index (κ2) is 12.5. The highest BCUT2D eigenvalue weighted by molar-refractivity contribution is 5.92. The summed E-state index contributed by atoms with van der Waals surface area (Å²) in [6.45, 7) is 2.92. The SMILES string of the molecule is [2H]C1(C[C@H](NC2CCCCC2)C(=O)N2CCC[C@H]2C(=O)NCc2ccc3c(N)nc(C)cc3c2)CCCCC1. The first kappa shape index (κ1) is 25.6. The van der Waals surface area contributed by atoms with Crippen LogP contribution in [0.2, 0.25) is 0 Å². The van der Waals surface area contributed by atoms with Crippen LogP contribution in [0.3, 0.4) is 0 Å². The molecule has 1 saturated heterocycles. The van der Waals surface area contributed by atoms with Crippen molar-refractivity contribution in [1.82, 2.24) is 20.5 Å². The van der Waals surface area contributed by atoms with Crippen molar-refractivity contribution in [3.63, 3.8) is 0 Å². The molecule has 2 atom stereocenters. The Morgan fingerprint density at radius 2 is 1.79 bits per heavy atom. The number of rotatable bonds is 8. The highest BCUT2D eigenvalue weighted by Gasteiger charge is 2.38. The lowest BCUT2D eigenvalue weighted by Gasteiger charge is -2.35. The summed E-state index contributed by atoms with van der Waals surface area (Å²) in [6.07, 6.45) is 12.9.